The zero-order chi connectivity index (χ0) is 16.1. The average molecular weight is 329 g/mol. The summed E-state index contributed by atoms with van der Waals surface area (Å²) < 4.78 is 0. The maximum atomic E-state index is 12.4. The second-order valence-corrected chi connectivity index (χ2v) is 6.29. The van der Waals surface area contributed by atoms with Crippen molar-refractivity contribution in [3.8, 4) is 0 Å². The van der Waals surface area contributed by atoms with E-state index in [0.29, 0.717) is 5.02 Å². The number of para-hydroxylation sites is 2. The van der Waals surface area contributed by atoms with Crippen molar-refractivity contribution in [1.29, 1.82) is 0 Å². The maximum Gasteiger partial charge on any atom is 0.228 e. The lowest BCUT2D eigenvalue weighted by Gasteiger charge is -2.30. The second-order valence-electron chi connectivity index (χ2n) is 5.88. The van der Waals surface area contributed by atoms with Gasteiger partial charge in [-0.25, -0.2) is 0 Å². The van der Waals surface area contributed by atoms with Crippen LogP contribution in [0.5, 0.6) is 0 Å². The Morgan fingerprint density at radius 1 is 1.00 bits per heavy atom. The SMILES string of the molecule is O=C(Cc1ccccc1Cl)Nc1ccccc1N1CCCCC1. The molecular formula is C19H21ClN2O. The summed E-state index contributed by atoms with van der Waals surface area (Å²) in [5, 5.41) is 3.68. The van der Waals surface area contributed by atoms with Crippen LogP contribution in [0.2, 0.25) is 5.02 Å². The molecule has 0 atom stereocenters. The molecule has 3 rings (SSSR count). The zero-order valence-corrected chi connectivity index (χ0v) is 13.9. The third kappa shape index (κ3) is 4.05. The molecule has 2 aromatic carbocycles. The minimum atomic E-state index is -0.0393. The van der Waals surface area contributed by atoms with E-state index >= 15 is 0 Å². The number of nitrogens with one attached hydrogen (secondary N) is 1. The largest absolute Gasteiger partial charge is 0.370 e. The van der Waals surface area contributed by atoms with Gasteiger partial charge in [-0.05, 0) is 43.0 Å². The quantitative estimate of drug-likeness (QED) is 0.895. The van der Waals surface area contributed by atoms with Crippen molar-refractivity contribution in [2.45, 2.75) is 25.7 Å². The van der Waals surface area contributed by atoms with Crippen molar-refractivity contribution in [3.05, 3.63) is 59.1 Å². The molecule has 1 aliphatic heterocycles. The molecule has 0 saturated carbocycles. The van der Waals surface area contributed by atoms with Crippen LogP contribution in [0, 0.1) is 0 Å². The van der Waals surface area contributed by atoms with Gasteiger partial charge in [0, 0.05) is 18.1 Å². The highest BCUT2D eigenvalue weighted by atomic mass is 35.5. The Balaban J connectivity index is 1.72. The van der Waals surface area contributed by atoms with Gasteiger partial charge in [0.25, 0.3) is 0 Å². The molecule has 2 aromatic rings. The number of benzene rings is 2. The van der Waals surface area contributed by atoms with Gasteiger partial charge in [-0.15, -0.1) is 0 Å². The Hall–Kier alpha value is -2.00. The number of halogens is 1. The van der Waals surface area contributed by atoms with Crippen LogP contribution in [0.25, 0.3) is 0 Å². The monoisotopic (exact) mass is 328 g/mol. The summed E-state index contributed by atoms with van der Waals surface area (Å²) in [7, 11) is 0. The van der Waals surface area contributed by atoms with Crippen LogP contribution >= 0.6 is 11.6 Å². The van der Waals surface area contributed by atoms with E-state index in [4.69, 9.17) is 11.6 Å². The van der Waals surface area contributed by atoms with Crippen LogP contribution in [0.1, 0.15) is 24.8 Å². The molecule has 1 saturated heterocycles. The van der Waals surface area contributed by atoms with E-state index in [2.05, 4.69) is 16.3 Å². The zero-order valence-electron chi connectivity index (χ0n) is 13.1. The van der Waals surface area contributed by atoms with Gasteiger partial charge in [0.05, 0.1) is 17.8 Å². The molecule has 4 heteroatoms. The van der Waals surface area contributed by atoms with Gasteiger partial charge in [0.1, 0.15) is 0 Å². The van der Waals surface area contributed by atoms with Gasteiger partial charge in [-0.3, -0.25) is 4.79 Å². The first kappa shape index (κ1) is 15.9. The van der Waals surface area contributed by atoms with Crippen molar-refractivity contribution in [3.63, 3.8) is 0 Å². The Labute approximate surface area is 142 Å². The molecule has 0 unspecified atom stereocenters. The van der Waals surface area contributed by atoms with E-state index in [1.165, 1.54) is 19.3 Å². The summed E-state index contributed by atoms with van der Waals surface area (Å²) >= 11 is 6.14. The molecule has 1 N–H and O–H groups in total. The molecule has 1 amide bonds. The van der Waals surface area contributed by atoms with E-state index in [9.17, 15) is 4.79 Å². The van der Waals surface area contributed by atoms with Crippen LogP contribution in [0.15, 0.2) is 48.5 Å². The van der Waals surface area contributed by atoms with Crippen LogP contribution in [0.4, 0.5) is 11.4 Å². The van der Waals surface area contributed by atoms with Crippen molar-refractivity contribution < 1.29 is 4.79 Å². The number of carbonyl (C=O) groups excluding carboxylic acids is 1. The fourth-order valence-corrected chi connectivity index (χ4v) is 3.20. The third-order valence-electron chi connectivity index (χ3n) is 4.18. The highest BCUT2D eigenvalue weighted by Crippen LogP contribution is 2.28. The molecule has 23 heavy (non-hydrogen) atoms. The topological polar surface area (TPSA) is 32.3 Å². The van der Waals surface area contributed by atoms with E-state index in [-0.39, 0.29) is 12.3 Å². The summed E-state index contributed by atoms with van der Waals surface area (Å²) in [4.78, 5) is 14.7. The lowest BCUT2D eigenvalue weighted by atomic mass is 10.1. The first-order chi connectivity index (χ1) is 11.2. The minimum Gasteiger partial charge on any atom is -0.370 e. The van der Waals surface area contributed by atoms with Gasteiger partial charge >= 0.3 is 0 Å². The van der Waals surface area contributed by atoms with Crippen LogP contribution in [0.3, 0.4) is 0 Å². The van der Waals surface area contributed by atoms with Crippen molar-refractivity contribution in [2.75, 3.05) is 23.3 Å². The number of piperidine rings is 1. The number of amides is 1. The summed E-state index contributed by atoms with van der Waals surface area (Å²) in [6.45, 7) is 2.11. The highest BCUT2D eigenvalue weighted by molar-refractivity contribution is 6.31. The molecule has 0 radical (unpaired) electrons. The van der Waals surface area contributed by atoms with Gasteiger partial charge < -0.3 is 10.2 Å². The Morgan fingerprint density at radius 2 is 1.70 bits per heavy atom. The number of rotatable bonds is 4. The minimum absolute atomic E-state index is 0.0393. The van der Waals surface area contributed by atoms with E-state index in [1.54, 1.807) is 0 Å². The smallest absolute Gasteiger partial charge is 0.228 e. The molecule has 120 valence electrons. The van der Waals surface area contributed by atoms with Crippen LogP contribution < -0.4 is 10.2 Å². The predicted molar refractivity (Wildman–Crippen MR) is 96.3 cm³/mol. The van der Waals surface area contributed by atoms with Gasteiger partial charge in [0.2, 0.25) is 5.91 Å². The third-order valence-corrected chi connectivity index (χ3v) is 4.55. The summed E-state index contributed by atoms with van der Waals surface area (Å²) in [5.41, 5.74) is 2.84. The van der Waals surface area contributed by atoms with Crippen molar-refractivity contribution in [1.82, 2.24) is 0 Å². The summed E-state index contributed by atoms with van der Waals surface area (Å²) in [5.74, 6) is -0.0393. The molecule has 0 bridgehead atoms. The van der Waals surface area contributed by atoms with Crippen LogP contribution in [-0.2, 0) is 11.2 Å². The van der Waals surface area contributed by atoms with Crippen molar-refractivity contribution >= 4 is 28.9 Å². The highest BCUT2D eigenvalue weighted by Gasteiger charge is 2.15. The molecule has 3 nitrogen and oxygen atoms in total. The molecule has 0 aliphatic carbocycles. The van der Waals surface area contributed by atoms with Crippen LogP contribution in [-0.4, -0.2) is 19.0 Å². The standard InChI is InChI=1S/C19H21ClN2O/c20-16-9-3-2-8-15(16)14-19(23)21-17-10-4-5-11-18(17)22-12-6-1-7-13-22/h2-5,8-11H,1,6-7,12-14H2,(H,21,23). The molecular weight excluding hydrogens is 308 g/mol. The number of anilines is 2. The fraction of sp³-hybridized carbons (Fsp3) is 0.316. The second kappa shape index (κ2) is 7.51. The van der Waals surface area contributed by atoms with Gasteiger partial charge in [0.15, 0.2) is 0 Å². The average Bonchev–Trinajstić information content (AvgIpc) is 2.58. The summed E-state index contributed by atoms with van der Waals surface area (Å²) in [6, 6.07) is 15.5. The molecule has 0 spiro atoms. The molecule has 0 aromatic heterocycles. The molecule has 1 heterocycles. The van der Waals surface area contributed by atoms with Crippen molar-refractivity contribution in [2.24, 2.45) is 0 Å². The summed E-state index contributed by atoms with van der Waals surface area (Å²) in [6.07, 6.45) is 4.00. The van der Waals surface area contributed by atoms with E-state index in [1.807, 2.05) is 42.5 Å². The molecule has 1 aliphatic rings. The Bertz CT molecular complexity index is 681. The first-order valence-electron chi connectivity index (χ1n) is 8.11. The lowest BCUT2D eigenvalue weighted by molar-refractivity contribution is -0.115. The lowest BCUT2D eigenvalue weighted by Crippen LogP contribution is -2.30. The first-order valence-corrected chi connectivity index (χ1v) is 8.49. The Morgan fingerprint density at radius 3 is 2.48 bits per heavy atom. The predicted octanol–water partition coefficient (Wildman–Crippen LogP) is 4.51. The fourth-order valence-electron chi connectivity index (χ4n) is 3.00. The molecule has 1 fully saturated rings. The number of carbonyl (C=O) groups is 1. The van der Waals surface area contributed by atoms with Gasteiger partial charge in [-0.1, -0.05) is 41.9 Å². The van der Waals surface area contributed by atoms with Gasteiger partial charge in [-0.2, -0.15) is 0 Å². The number of hydrogen-bond acceptors (Lipinski definition) is 2. The van der Waals surface area contributed by atoms with E-state index < -0.39 is 0 Å². The van der Waals surface area contributed by atoms with E-state index in [0.717, 1.165) is 30.0 Å². The normalized spacial score (nSPS) is 14.6. The Kier molecular flexibility index (Phi) is 5.19. The maximum absolute atomic E-state index is 12.4. The number of hydrogen-bond donors (Lipinski definition) is 1. The number of nitrogens with zero attached hydrogens (tertiary/aromatic N) is 1.